The first-order valence-corrected chi connectivity index (χ1v) is 6.10. The third kappa shape index (κ3) is 2.12. The second kappa shape index (κ2) is 4.61. The molecule has 3 nitrogen and oxygen atoms in total. The Balaban J connectivity index is 1.79. The van der Waals surface area contributed by atoms with E-state index in [0.717, 1.165) is 12.4 Å². The van der Waals surface area contributed by atoms with Crippen LogP contribution in [0.15, 0.2) is 55.1 Å². The summed E-state index contributed by atoms with van der Waals surface area (Å²) in [6.45, 7) is 3.02. The molecule has 0 aliphatic carbocycles. The first-order chi connectivity index (χ1) is 8.83. The molecule has 0 amide bonds. The molecule has 0 fully saturated rings. The fourth-order valence-electron chi connectivity index (χ4n) is 2.20. The van der Waals surface area contributed by atoms with Gasteiger partial charge in [-0.1, -0.05) is 12.1 Å². The molecule has 0 saturated carbocycles. The van der Waals surface area contributed by atoms with Gasteiger partial charge in [-0.3, -0.25) is 4.98 Å². The lowest BCUT2D eigenvalue weighted by Gasteiger charge is -2.17. The van der Waals surface area contributed by atoms with Gasteiger partial charge in [-0.05, 0) is 36.2 Å². The number of hydrogen-bond acceptors (Lipinski definition) is 3. The molecule has 3 rings (SSSR count). The zero-order valence-electron chi connectivity index (χ0n) is 10.3. The first-order valence-electron chi connectivity index (χ1n) is 6.10. The monoisotopic (exact) mass is 237 g/mol. The zero-order valence-corrected chi connectivity index (χ0v) is 10.3. The predicted octanol–water partition coefficient (Wildman–Crippen LogP) is 2.90. The van der Waals surface area contributed by atoms with E-state index >= 15 is 0 Å². The maximum absolute atomic E-state index is 4.41. The molecule has 0 bridgehead atoms. The Bertz CT molecular complexity index is 563. The van der Waals surface area contributed by atoms with E-state index in [1.807, 2.05) is 30.7 Å². The summed E-state index contributed by atoms with van der Waals surface area (Å²) in [5.41, 5.74) is 2.49. The molecule has 1 atom stereocenters. The maximum atomic E-state index is 4.41. The van der Waals surface area contributed by atoms with Crippen molar-refractivity contribution in [1.82, 2.24) is 9.97 Å². The first kappa shape index (κ1) is 11.0. The summed E-state index contributed by atoms with van der Waals surface area (Å²) >= 11 is 0. The van der Waals surface area contributed by atoms with E-state index in [-0.39, 0.29) is 0 Å². The van der Waals surface area contributed by atoms with E-state index in [1.54, 1.807) is 0 Å². The van der Waals surface area contributed by atoms with E-state index in [0.29, 0.717) is 5.92 Å². The summed E-state index contributed by atoms with van der Waals surface area (Å²) in [5.74, 6) is 1.42. The molecule has 0 saturated heterocycles. The summed E-state index contributed by atoms with van der Waals surface area (Å²) in [6, 6.07) is 8.23. The molecule has 1 aliphatic rings. The fraction of sp³-hybridized carbons (Fsp3) is 0.200. The Morgan fingerprint density at radius 3 is 3.00 bits per heavy atom. The van der Waals surface area contributed by atoms with Crippen LogP contribution in [-0.2, 0) is 0 Å². The third-order valence-corrected chi connectivity index (χ3v) is 3.20. The topological polar surface area (TPSA) is 29.0 Å². The van der Waals surface area contributed by atoms with Gasteiger partial charge in [-0.25, -0.2) is 4.98 Å². The van der Waals surface area contributed by atoms with Crippen LogP contribution in [0.3, 0.4) is 0 Å². The van der Waals surface area contributed by atoms with Crippen LogP contribution in [0.25, 0.3) is 0 Å². The molecule has 1 aliphatic heterocycles. The van der Waals surface area contributed by atoms with Crippen LogP contribution in [0.5, 0.6) is 0 Å². The molecule has 3 heteroatoms. The minimum atomic E-state index is 0.404. The second-order valence-corrected chi connectivity index (χ2v) is 4.58. The number of hydrogen-bond donors (Lipinski definition) is 0. The minimum absolute atomic E-state index is 0.404. The molecule has 0 N–H and O–H groups in total. The number of rotatable bonds is 2. The van der Waals surface area contributed by atoms with Crippen molar-refractivity contribution >= 4 is 5.82 Å². The highest BCUT2D eigenvalue weighted by atomic mass is 15.2. The third-order valence-electron chi connectivity index (χ3n) is 3.20. The van der Waals surface area contributed by atoms with Crippen LogP contribution in [0.4, 0.5) is 5.82 Å². The van der Waals surface area contributed by atoms with Crippen molar-refractivity contribution in [2.75, 3.05) is 11.4 Å². The Morgan fingerprint density at radius 1 is 1.28 bits per heavy atom. The summed E-state index contributed by atoms with van der Waals surface area (Å²) < 4.78 is 0. The van der Waals surface area contributed by atoms with Crippen molar-refractivity contribution in [3.05, 3.63) is 66.3 Å². The lowest BCUT2D eigenvalue weighted by Crippen LogP contribution is -2.17. The van der Waals surface area contributed by atoms with E-state index in [1.165, 1.54) is 11.1 Å². The van der Waals surface area contributed by atoms with E-state index in [2.05, 4.69) is 46.2 Å². The van der Waals surface area contributed by atoms with Crippen molar-refractivity contribution < 1.29 is 0 Å². The second-order valence-electron chi connectivity index (χ2n) is 4.58. The van der Waals surface area contributed by atoms with Gasteiger partial charge in [-0.2, -0.15) is 0 Å². The fourth-order valence-corrected chi connectivity index (χ4v) is 2.20. The average Bonchev–Trinajstić information content (AvgIpc) is 2.89. The Hall–Kier alpha value is -2.16. The van der Waals surface area contributed by atoms with Crippen LogP contribution >= 0.6 is 0 Å². The van der Waals surface area contributed by atoms with E-state index < -0.39 is 0 Å². The highest BCUT2D eigenvalue weighted by Gasteiger charge is 2.19. The molecule has 1 unspecified atom stereocenters. The Morgan fingerprint density at radius 2 is 2.22 bits per heavy atom. The standard InChI is InChI=1S/C15H15N3/c1-12-4-7-17-15(9-12)18-8-5-14(11-18)13-3-2-6-16-10-13/h2-10,14H,11H2,1H3. The van der Waals surface area contributed by atoms with Gasteiger partial charge < -0.3 is 4.90 Å². The molecular weight excluding hydrogens is 222 g/mol. The SMILES string of the molecule is Cc1ccnc(N2C=CC(c3cccnc3)C2)c1. The summed E-state index contributed by atoms with van der Waals surface area (Å²) in [5, 5.41) is 0. The Labute approximate surface area is 107 Å². The minimum Gasteiger partial charge on any atom is -0.332 e. The van der Waals surface area contributed by atoms with Crippen LogP contribution < -0.4 is 4.90 Å². The van der Waals surface area contributed by atoms with Crippen molar-refractivity contribution in [2.24, 2.45) is 0 Å². The highest BCUT2D eigenvalue weighted by molar-refractivity contribution is 5.48. The quantitative estimate of drug-likeness (QED) is 0.804. The van der Waals surface area contributed by atoms with Gasteiger partial charge in [0.1, 0.15) is 5.82 Å². The summed E-state index contributed by atoms with van der Waals surface area (Å²) in [7, 11) is 0. The van der Waals surface area contributed by atoms with Crippen molar-refractivity contribution in [2.45, 2.75) is 12.8 Å². The lowest BCUT2D eigenvalue weighted by molar-refractivity contribution is 0.851. The summed E-state index contributed by atoms with van der Waals surface area (Å²) in [4.78, 5) is 10.8. The smallest absolute Gasteiger partial charge is 0.132 e. The van der Waals surface area contributed by atoms with Gasteiger partial charge in [0.2, 0.25) is 0 Å². The van der Waals surface area contributed by atoms with Crippen molar-refractivity contribution in [1.29, 1.82) is 0 Å². The van der Waals surface area contributed by atoms with Crippen LogP contribution in [0.2, 0.25) is 0 Å². The largest absolute Gasteiger partial charge is 0.332 e. The normalized spacial score (nSPS) is 18.3. The van der Waals surface area contributed by atoms with Crippen LogP contribution in [-0.4, -0.2) is 16.5 Å². The molecule has 0 aromatic carbocycles. The number of anilines is 1. The van der Waals surface area contributed by atoms with Gasteiger partial charge in [0, 0.05) is 37.3 Å². The average molecular weight is 237 g/mol. The molecule has 18 heavy (non-hydrogen) atoms. The van der Waals surface area contributed by atoms with Crippen LogP contribution in [0, 0.1) is 6.92 Å². The van der Waals surface area contributed by atoms with Crippen molar-refractivity contribution in [3.8, 4) is 0 Å². The van der Waals surface area contributed by atoms with Gasteiger partial charge >= 0.3 is 0 Å². The number of nitrogens with zero attached hydrogens (tertiary/aromatic N) is 3. The van der Waals surface area contributed by atoms with E-state index in [4.69, 9.17) is 0 Å². The zero-order chi connectivity index (χ0) is 12.4. The van der Waals surface area contributed by atoms with Crippen LogP contribution in [0.1, 0.15) is 17.0 Å². The number of aryl methyl sites for hydroxylation is 1. The van der Waals surface area contributed by atoms with Gasteiger partial charge in [0.05, 0.1) is 0 Å². The van der Waals surface area contributed by atoms with Crippen molar-refractivity contribution in [3.63, 3.8) is 0 Å². The molecule has 3 heterocycles. The Kier molecular flexibility index (Phi) is 2.81. The lowest BCUT2D eigenvalue weighted by atomic mass is 10.0. The van der Waals surface area contributed by atoms with Gasteiger partial charge in [0.15, 0.2) is 0 Å². The van der Waals surface area contributed by atoms with Gasteiger partial charge in [-0.15, -0.1) is 0 Å². The molecule has 90 valence electrons. The summed E-state index contributed by atoms with van der Waals surface area (Å²) in [6.07, 6.45) is 9.92. The molecule has 2 aromatic rings. The van der Waals surface area contributed by atoms with E-state index in [9.17, 15) is 0 Å². The number of aromatic nitrogens is 2. The predicted molar refractivity (Wildman–Crippen MR) is 72.4 cm³/mol. The van der Waals surface area contributed by atoms with Gasteiger partial charge in [0.25, 0.3) is 0 Å². The number of pyridine rings is 2. The molecule has 2 aromatic heterocycles. The molecule has 0 spiro atoms. The highest BCUT2D eigenvalue weighted by Crippen LogP contribution is 2.26. The molecule has 0 radical (unpaired) electrons. The maximum Gasteiger partial charge on any atom is 0.132 e. The molecular formula is C15H15N3.